The summed E-state index contributed by atoms with van der Waals surface area (Å²) in [4.78, 5) is 18.5. The van der Waals surface area contributed by atoms with Crippen molar-refractivity contribution in [1.82, 2.24) is 24.8 Å². The summed E-state index contributed by atoms with van der Waals surface area (Å²) in [5.41, 5.74) is 2.74. The van der Waals surface area contributed by atoms with Gasteiger partial charge in [-0.3, -0.25) is 4.79 Å². The normalized spacial score (nSPS) is 16.8. The van der Waals surface area contributed by atoms with Crippen LogP contribution >= 0.6 is 0 Å². The summed E-state index contributed by atoms with van der Waals surface area (Å²) in [5, 5.41) is 7.61. The highest BCUT2D eigenvalue weighted by atomic mass is 19.1. The Labute approximate surface area is 160 Å². The molecule has 0 saturated heterocycles. The molecule has 3 aromatic rings. The monoisotopic (exact) mass is 379 g/mol. The van der Waals surface area contributed by atoms with E-state index >= 15 is 0 Å². The zero-order valence-electron chi connectivity index (χ0n) is 15.4. The third kappa shape index (κ3) is 3.01. The minimum Gasteiger partial charge on any atom is -0.438 e. The number of halogens is 1. The summed E-state index contributed by atoms with van der Waals surface area (Å²) in [6.45, 7) is 4.10. The first-order valence-corrected chi connectivity index (χ1v) is 8.81. The number of nitrogens with zero attached hydrogens (tertiary/aromatic N) is 4. The van der Waals surface area contributed by atoms with E-state index in [9.17, 15) is 9.18 Å². The lowest BCUT2D eigenvalue weighted by Gasteiger charge is -2.36. The molecule has 4 heterocycles. The average Bonchev–Trinajstić information content (AvgIpc) is 3.37. The fourth-order valence-corrected chi connectivity index (χ4v) is 3.45. The van der Waals surface area contributed by atoms with Gasteiger partial charge in [-0.05, 0) is 37.6 Å². The number of carbonyl (C=O) groups is 1. The van der Waals surface area contributed by atoms with Crippen LogP contribution in [-0.4, -0.2) is 31.9 Å². The van der Waals surface area contributed by atoms with Gasteiger partial charge >= 0.3 is 0 Å². The summed E-state index contributed by atoms with van der Waals surface area (Å²) < 4.78 is 20.8. The van der Waals surface area contributed by atoms with Crippen LogP contribution in [0.25, 0.3) is 5.52 Å². The summed E-state index contributed by atoms with van der Waals surface area (Å²) in [6.07, 6.45) is 4.89. The van der Waals surface area contributed by atoms with Gasteiger partial charge in [-0.25, -0.2) is 13.9 Å². The van der Waals surface area contributed by atoms with E-state index in [1.807, 2.05) is 6.92 Å². The maximum Gasteiger partial charge on any atom is 0.292 e. The molecule has 0 fully saturated rings. The number of rotatable bonds is 3. The van der Waals surface area contributed by atoms with Gasteiger partial charge in [-0.1, -0.05) is 5.92 Å². The first-order chi connectivity index (χ1) is 13.6. The van der Waals surface area contributed by atoms with Gasteiger partial charge in [0.2, 0.25) is 5.76 Å². The van der Waals surface area contributed by atoms with E-state index in [-0.39, 0.29) is 17.5 Å². The van der Waals surface area contributed by atoms with Gasteiger partial charge in [0.25, 0.3) is 5.91 Å². The van der Waals surface area contributed by atoms with Gasteiger partial charge in [-0.2, -0.15) is 5.10 Å². The highest BCUT2D eigenvalue weighted by Crippen LogP contribution is 2.35. The fourth-order valence-electron chi connectivity index (χ4n) is 3.45. The molecule has 1 aliphatic rings. The summed E-state index contributed by atoms with van der Waals surface area (Å²) >= 11 is 0. The van der Waals surface area contributed by atoms with Gasteiger partial charge in [0.1, 0.15) is 11.3 Å². The largest absolute Gasteiger partial charge is 0.438 e. The van der Waals surface area contributed by atoms with Crippen molar-refractivity contribution < 1.29 is 13.6 Å². The first kappa shape index (κ1) is 17.8. The second-order valence-electron chi connectivity index (χ2n) is 6.43. The van der Waals surface area contributed by atoms with Gasteiger partial charge in [0, 0.05) is 30.9 Å². The van der Waals surface area contributed by atoms with Gasteiger partial charge in [0.05, 0.1) is 17.9 Å². The van der Waals surface area contributed by atoms with Crippen molar-refractivity contribution >= 4 is 11.4 Å². The van der Waals surface area contributed by atoms with E-state index < -0.39 is 6.04 Å². The zero-order chi connectivity index (χ0) is 19.7. The Morgan fingerprint density at radius 1 is 1.46 bits per heavy atom. The zero-order valence-corrected chi connectivity index (χ0v) is 15.4. The van der Waals surface area contributed by atoms with Crippen LogP contribution in [-0.2, 0) is 0 Å². The van der Waals surface area contributed by atoms with Crippen molar-refractivity contribution in [2.45, 2.75) is 26.3 Å². The van der Waals surface area contributed by atoms with Crippen molar-refractivity contribution in [1.29, 1.82) is 0 Å². The Balaban J connectivity index is 1.82. The molecule has 7 nitrogen and oxygen atoms in total. The number of oxazole rings is 1. The second-order valence-corrected chi connectivity index (χ2v) is 6.43. The Morgan fingerprint density at radius 2 is 2.32 bits per heavy atom. The van der Waals surface area contributed by atoms with E-state index in [0.29, 0.717) is 24.2 Å². The lowest BCUT2D eigenvalue weighted by atomic mass is 9.95. The van der Waals surface area contributed by atoms with Gasteiger partial charge < -0.3 is 14.6 Å². The summed E-state index contributed by atoms with van der Waals surface area (Å²) in [5.74, 6) is 2.29. The maximum atomic E-state index is 14.2. The third-order valence-corrected chi connectivity index (χ3v) is 4.79. The Hall–Kier alpha value is -3.60. The standard InChI is InChI=1S/C20H18FN5O2/c1-3-7-23-15-6-9-25(20(27)18-11-22-12-28-18)19(13(15)2)16-10-17-14(21)5-4-8-26(17)24-16/h4-5,8,10-12,19,23H,6,9H2,1-2H3. The van der Waals surface area contributed by atoms with E-state index in [1.54, 1.807) is 30.2 Å². The average molecular weight is 379 g/mol. The lowest BCUT2D eigenvalue weighted by molar-refractivity contribution is 0.0653. The highest BCUT2D eigenvalue weighted by Gasteiger charge is 2.35. The lowest BCUT2D eigenvalue weighted by Crippen LogP contribution is -2.41. The molecule has 4 rings (SSSR count). The van der Waals surface area contributed by atoms with Crippen LogP contribution in [0.5, 0.6) is 0 Å². The molecule has 1 aliphatic heterocycles. The first-order valence-electron chi connectivity index (χ1n) is 8.81. The van der Waals surface area contributed by atoms with E-state index in [0.717, 1.165) is 11.3 Å². The number of pyridine rings is 1. The molecule has 1 N–H and O–H groups in total. The number of aromatic nitrogens is 3. The maximum absolute atomic E-state index is 14.2. The predicted molar refractivity (Wildman–Crippen MR) is 99.3 cm³/mol. The number of fused-ring (bicyclic) bond motifs is 1. The van der Waals surface area contributed by atoms with E-state index in [1.165, 1.54) is 23.2 Å². The molecular weight excluding hydrogens is 361 g/mol. The van der Waals surface area contributed by atoms with E-state index in [2.05, 4.69) is 27.4 Å². The molecule has 142 valence electrons. The minimum absolute atomic E-state index is 0.150. The third-order valence-electron chi connectivity index (χ3n) is 4.79. The van der Waals surface area contributed by atoms with Gasteiger partial charge in [-0.15, -0.1) is 0 Å². The topological polar surface area (TPSA) is 75.7 Å². The van der Waals surface area contributed by atoms with Crippen molar-refractivity contribution in [3.8, 4) is 12.0 Å². The molecule has 0 radical (unpaired) electrons. The fraction of sp³-hybridized carbons (Fsp3) is 0.250. The Bertz CT molecular complexity index is 1120. The molecule has 0 aliphatic carbocycles. The minimum atomic E-state index is -0.480. The smallest absolute Gasteiger partial charge is 0.292 e. The molecule has 1 amide bonds. The van der Waals surface area contributed by atoms with Crippen LogP contribution in [0.4, 0.5) is 4.39 Å². The van der Waals surface area contributed by atoms with Crippen molar-refractivity contribution in [3.05, 3.63) is 65.5 Å². The van der Waals surface area contributed by atoms with Crippen molar-refractivity contribution in [2.75, 3.05) is 6.54 Å². The Morgan fingerprint density at radius 3 is 3.04 bits per heavy atom. The molecular formula is C20H18FN5O2. The van der Waals surface area contributed by atoms with Gasteiger partial charge in [0.15, 0.2) is 6.39 Å². The molecule has 28 heavy (non-hydrogen) atoms. The number of nitrogens with one attached hydrogen (secondary N) is 1. The molecule has 0 bridgehead atoms. The molecule has 0 spiro atoms. The molecule has 0 saturated carbocycles. The summed E-state index contributed by atoms with van der Waals surface area (Å²) in [7, 11) is 0. The Kier molecular flexibility index (Phi) is 4.57. The van der Waals surface area contributed by atoms with Crippen molar-refractivity contribution in [2.24, 2.45) is 0 Å². The molecule has 8 heteroatoms. The van der Waals surface area contributed by atoms with Crippen LogP contribution in [0.15, 0.2) is 52.7 Å². The van der Waals surface area contributed by atoms with E-state index in [4.69, 9.17) is 4.42 Å². The molecule has 3 aromatic heterocycles. The predicted octanol–water partition coefficient (Wildman–Crippen LogP) is 2.89. The summed E-state index contributed by atoms with van der Waals surface area (Å²) in [6, 6.07) is 7.01. The van der Waals surface area contributed by atoms with Crippen LogP contribution < -0.4 is 5.32 Å². The SMILES string of the molecule is CC#CNC1=C(C)C(c2cc3c(F)cccn3n2)N(C(=O)c2cnco2)CC1. The molecule has 1 atom stereocenters. The number of hydrogen-bond donors (Lipinski definition) is 1. The van der Waals surface area contributed by atoms with Crippen LogP contribution in [0.1, 0.15) is 42.6 Å². The highest BCUT2D eigenvalue weighted by molar-refractivity contribution is 5.91. The van der Waals surface area contributed by atoms with Crippen LogP contribution in [0, 0.1) is 17.8 Å². The van der Waals surface area contributed by atoms with Crippen LogP contribution in [0.3, 0.4) is 0 Å². The molecule has 1 unspecified atom stereocenters. The molecule has 0 aromatic carbocycles. The van der Waals surface area contributed by atoms with Crippen LogP contribution in [0.2, 0.25) is 0 Å². The quantitative estimate of drug-likeness (QED) is 0.559. The number of carbonyl (C=O) groups excluding carboxylic acids is 1. The second kappa shape index (κ2) is 7.19. The number of hydrogen-bond acceptors (Lipinski definition) is 5. The van der Waals surface area contributed by atoms with Crippen molar-refractivity contribution in [3.63, 3.8) is 0 Å². The number of amides is 1.